The molecule has 2 aliphatic heterocycles. The van der Waals surface area contributed by atoms with Crippen molar-refractivity contribution in [2.45, 2.75) is 62.7 Å². The molecule has 2 saturated heterocycles. The lowest BCUT2D eigenvalue weighted by molar-refractivity contribution is -0.123. The number of rotatable bonds is 3. The Morgan fingerprint density at radius 2 is 2.11 bits per heavy atom. The summed E-state index contributed by atoms with van der Waals surface area (Å²) in [6.07, 6.45) is 11.4. The molecule has 0 spiro atoms. The summed E-state index contributed by atoms with van der Waals surface area (Å²) in [5.41, 5.74) is 5.72. The minimum Gasteiger partial charge on any atom is -0.352 e. The summed E-state index contributed by atoms with van der Waals surface area (Å²) in [6.45, 7) is 0. The largest absolute Gasteiger partial charge is 0.352 e. The maximum Gasteiger partial charge on any atom is 0.238 e. The van der Waals surface area contributed by atoms with E-state index < -0.39 is 6.04 Å². The van der Waals surface area contributed by atoms with Gasteiger partial charge in [-0.2, -0.15) is 0 Å². The van der Waals surface area contributed by atoms with Gasteiger partial charge in [-0.15, -0.1) is 12.3 Å². The monoisotopic (exact) mass is 249 g/mol. The normalized spacial score (nSPS) is 33.5. The van der Waals surface area contributed by atoms with Gasteiger partial charge in [0.2, 0.25) is 5.91 Å². The average Bonchev–Trinajstić information content (AvgIpc) is 2.30. The third-order valence-corrected chi connectivity index (χ3v) is 4.36. The van der Waals surface area contributed by atoms with Crippen molar-refractivity contribution < 1.29 is 4.79 Å². The van der Waals surface area contributed by atoms with Crippen LogP contribution >= 0.6 is 0 Å². The molecule has 3 unspecified atom stereocenters. The Kier molecular flexibility index (Phi) is 4.26. The first-order valence-electron chi connectivity index (χ1n) is 6.83. The van der Waals surface area contributed by atoms with Gasteiger partial charge in [0.15, 0.2) is 0 Å². The quantitative estimate of drug-likeness (QED) is 0.715. The van der Waals surface area contributed by atoms with E-state index in [4.69, 9.17) is 12.2 Å². The molecule has 3 N–H and O–H groups in total. The van der Waals surface area contributed by atoms with E-state index in [1.165, 1.54) is 19.3 Å². The molecule has 18 heavy (non-hydrogen) atoms. The second kappa shape index (κ2) is 5.73. The second-order valence-corrected chi connectivity index (χ2v) is 5.60. The lowest BCUT2D eigenvalue weighted by Crippen LogP contribution is -2.56. The fourth-order valence-electron chi connectivity index (χ4n) is 3.26. The van der Waals surface area contributed by atoms with Crippen LogP contribution in [0, 0.1) is 12.3 Å². The third-order valence-electron chi connectivity index (χ3n) is 4.36. The summed E-state index contributed by atoms with van der Waals surface area (Å²) < 4.78 is 0. The topological polar surface area (TPSA) is 58.4 Å². The Bertz CT molecular complexity index is 335. The number of terminal acetylenes is 1. The Balaban J connectivity index is 1.88. The Morgan fingerprint density at radius 3 is 2.67 bits per heavy atom. The standard InChI is InChI=1S/C14H23N3O/c1-3-5-13(15)14(18)16-10-8-11-6-4-7-12(9-10)17(11)2/h1,10-13H,4-9,15H2,2H3,(H,16,18). The van der Waals surface area contributed by atoms with Gasteiger partial charge in [-0.3, -0.25) is 4.79 Å². The minimum atomic E-state index is -0.561. The van der Waals surface area contributed by atoms with Gasteiger partial charge in [-0.25, -0.2) is 0 Å². The molecule has 2 heterocycles. The Hall–Kier alpha value is -1.05. The zero-order chi connectivity index (χ0) is 13.1. The van der Waals surface area contributed by atoms with Gasteiger partial charge in [0.1, 0.15) is 0 Å². The predicted molar refractivity (Wildman–Crippen MR) is 71.8 cm³/mol. The molecule has 100 valence electrons. The number of nitrogens with two attached hydrogens (primary N) is 1. The molecular formula is C14H23N3O. The highest BCUT2D eigenvalue weighted by Gasteiger charge is 2.36. The Labute approximate surface area is 109 Å². The van der Waals surface area contributed by atoms with Crippen LogP contribution in [0.3, 0.4) is 0 Å². The number of amides is 1. The molecule has 0 aromatic rings. The number of fused-ring (bicyclic) bond motifs is 2. The zero-order valence-corrected chi connectivity index (χ0v) is 11.1. The van der Waals surface area contributed by atoms with Crippen molar-refractivity contribution in [3.63, 3.8) is 0 Å². The van der Waals surface area contributed by atoms with E-state index in [-0.39, 0.29) is 11.9 Å². The van der Waals surface area contributed by atoms with Crippen LogP contribution in [0.1, 0.15) is 38.5 Å². The van der Waals surface area contributed by atoms with Gasteiger partial charge in [0, 0.05) is 24.5 Å². The van der Waals surface area contributed by atoms with Gasteiger partial charge in [0.25, 0.3) is 0 Å². The number of nitrogens with zero attached hydrogens (tertiary/aromatic N) is 1. The summed E-state index contributed by atoms with van der Waals surface area (Å²) in [4.78, 5) is 14.3. The van der Waals surface area contributed by atoms with E-state index in [9.17, 15) is 4.79 Å². The Morgan fingerprint density at radius 1 is 1.50 bits per heavy atom. The highest BCUT2D eigenvalue weighted by atomic mass is 16.2. The lowest BCUT2D eigenvalue weighted by atomic mass is 9.82. The van der Waals surface area contributed by atoms with Crippen molar-refractivity contribution in [3.05, 3.63) is 0 Å². The lowest BCUT2D eigenvalue weighted by Gasteiger charge is -2.47. The SMILES string of the molecule is C#CCC(N)C(=O)NC1CC2CCCC(C1)N2C. The van der Waals surface area contributed by atoms with Gasteiger partial charge in [-0.05, 0) is 32.7 Å². The van der Waals surface area contributed by atoms with Crippen LogP contribution in [0.5, 0.6) is 0 Å². The zero-order valence-electron chi connectivity index (χ0n) is 11.1. The number of hydrogen-bond donors (Lipinski definition) is 2. The van der Waals surface area contributed by atoms with E-state index in [0.29, 0.717) is 18.5 Å². The molecule has 2 rings (SSSR count). The molecular weight excluding hydrogens is 226 g/mol. The summed E-state index contributed by atoms with van der Waals surface area (Å²) in [5, 5.41) is 3.07. The first kappa shape index (κ1) is 13.4. The van der Waals surface area contributed by atoms with Crippen molar-refractivity contribution in [1.82, 2.24) is 10.2 Å². The van der Waals surface area contributed by atoms with Crippen LogP contribution in [0.2, 0.25) is 0 Å². The summed E-state index contributed by atoms with van der Waals surface area (Å²) in [6, 6.07) is 0.945. The van der Waals surface area contributed by atoms with Crippen LogP contribution in [0.4, 0.5) is 0 Å². The number of carbonyl (C=O) groups is 1. The molecule has 4 heteroatoms. The molecule has 0 saturated carbocycles. The van der Waals surface area contributed by atoms with Crippen LogP contribution in [-0.4, -0.2) is 42.0 Å². The minimum absolute atomic E-state index is 0.0967. The van der Waals surface area contributed by atoms with Crippen molar-refractivity contribution in [3.8, 4) is 12.3 Å². The second-order valence-electron chi connectivity index (χ2n) is 5.60. The van der Waals surface area contributed by atoms with E-state index in [1.54, 1.807) is 0 Å². The van der Waals surface area contributed by atoms with Gasteiger partial charge in [0.05, 0.1) is 6.04 Å². The van der Waals surface area contributed by atoms with E-state index >= 15 is 0 Å². The molecule has 2 fully saturated rings. The van der Waals surface area contributed by atoms with Gasteiger partial charge in [-0.1, -0.05) is 6.42 Å². The molecule has 2 bridgehead atoms. The van der Waals surface area contributed by atoms with Crippen molar-refractivity contribution in [2.75, 3.05) is 7.05 Å². The number of carbonyl (C=O) groups excluding carboxylic acids is 1. The molecule has 4 nitrogen and oxygen atoms in total. The predicted octanol–water partition coefficient (Wildman–Crippen LogP) is 0.469. The van der Waals surface area contributed by atoms with Crippen LogP contribution < -0.4 is 11.1 Å². The highest BCUT2D eigenvalue weighted by molar-refractivity contribution is 5.82. The number of nitrogens with one attached hydrogen (secondary N) is 1. The molecule has 0 aliphatic carbocycles. The van der Waals surface area contributed by atoms with Crippen molar-refractivity contribution in [1.29, 1.82) is 0 Å². The first-order chi connectivity index (χ1) is 8.61. The van der Waals surface area contributed by atoms with Gasteiger partial charge >= 0.3 is 0 Å². The van der Waals surface area contributed by atoms with Crippen LogP contribution in [0.15, 0.2) is 0 Å². The van der Waals surface area contributed by atoms with Crippen LogP contribution in [-0.2, 0) is 4.79 Å². The summed E-state index contributed by atoms with van der Waals surface area (Å²) in [5.74, 6) is 2.34. The van der Waals surface area contributed by atoms with Crippen molar-refractivity contribution in [2.24, 2.45) is 5.73 Å². The van der Waals surface area contributed by atoms with E-state index in [2.05, 4.69) is 23.2 Å². The molecule has 1 amide bonds. The van der Waals surface area contributed by atoms with Gasteiger partial charge < -0.3 is 16.0 Å². The molecule has 0 radical (unpaired) electrons. The molecule has 3 atom stereocenters. The fraction of sp³-hybridized carbons (Fsp3) is 0.786. The third kappa shape index (κ3) is 2.85. The number of piperidine rings is 2. The number of hydrogen-bond acceptors (Lipinski definition) is 3. The fourth-order valence-corrected chi connectivity index (χ4v) is 3.26. The smallest absolute Gasteiger partial charge is 0.238 e. The molecule has 2 aliphatic rings. The maximum atomic E-state index is 11.9. The first-order valence-corrected chi connectivity index (χ1v) is 6.83. The van der Waals surface area contributed by atoms with Crippen molar-refractivity contribution >= 4 is 5.91 Å². The van der Waals surface area contributed by atoms with E-state index in [0.717, 1.165) is 12.8 Å². The summed E-state index contributed by atoms with van der Waals surface area (Å²) >= 11 is 0. The molecule has 0 aromatic heterocycles. The maximum absolute atomic E-state index is 11.9. The average molecular weight is 249 g/mol. The van der Waals surface area contributed by atoms with Crippen LogP contribution in [0.25, 0.3) is 0 Å². The summed E-state index contributed by atoms with van der Waals surface area (Å²) in [7, 11) is 2.20. The highest BCUT2D eigenvalue weighted by Crippen LogP contribution is 2.32. The van der Waals surface area contributed by atoms with E-state index in [1.807, 2.05) is 0 Å². The molecule has 0 aromatic carbocycles.